The van der Waals surface area contributed by atoms with E-state index in [0.717, 1.165) is 56.6 Å². The lowest BCUT2D eigenvalue weighted by molar-refractivity contribution is 0.282. The first-order chi connectivity index (χ1) is 14.2. The standard InChI is InChI=1S/C22H32N2O2S3/c1-4-5-6-11-14-26-19-16(3)28-21-18(19)23-24-29-20-17(15(2)27-22(20)21)12-9-7-8-10-13-25/h25H,4-14H2,1-3H3. The van der Waals surface area contributed by atoms with Gasteiger partial charge >= 0.3 is 0 Å². The molecule has 160 valence electrons. The van der Waals surface area contributed by atoms with Gasteiger partial charge in [0, 0.05) is 28.3 Å². The van der Waals surface area contributed by atoms with Crippen LogP contribution in [0.25, 0.3) is 9.75 Å². The van der Waals surface area contributed by atoms with Crippen molar-refractivity contribution in [3.63, 3.8) is 0 Å². The summed E-state index contributed by atoms with van der Waals surface area (Å²) in [4.78, 5) is 6.40. The molecule has 7 heteroatoms. The zero-order valence-corrected chi connectivity index (χ0v) is 20.2. The van der Waals surface area contributed by atoms with Crippen molar-refractivity contribution in [2.75, 3.05) is 13.2 Å². The molecule has 0 saturated heterocycles. The fourth-order valence-electron chi connectivity index (χ4n) is 3.60. The largest absolute Gasteiger partial charge is 0.490 e. The number of aliphatic hydroxyl groups excluding tert-OH is 1. The number of hydrogen-bond donors (Lipinski definition) is 1. The summed E-state index contributed by atoms with van der Waals surface area (Å²) in [6, 6.07) is 0. The Morgan fingerprint density at radius 2 is 1.66 bits per heavy atom. The second-order valence-corrected chi connectivity index (χ2v) is 10.7. The number of fused-ring (bicyclic) bond motifs is 3. The molecule has 3 heterocycles. The molecule has 1 aliphatic rings. The Hall–Kier alpha value is -0.890. The van der Waals surface area contributed by atoms with Crippen LogP contribution in [-0.2, 0) is 6.42 Å². The molecule has 2 aromatic heterocycles. The molecule has 0 bridgehead atoms. The lowest BCUT2D eigenvalue weighted by Gasteiger charge is -2.06. The number of aryl methyl sites for hydroxylation is 2. The molecular weight excluding hydrogens is 420 g/mol. The van der Waals surface area contributed by atoms with Gasteiger partial charge in [0.15, 0.2) is 5.75 Å². The number of nitrogens with zero attached hydrogens (tertiary/aromatic N) is 2. The normalized spacial score (nSPS) is 12.7. The highest BCUT2D eigenvalue weighted by atomic mass is 32.2. The highest BCUT2D eigenvalue weighted by Crippen LogP contribution is 2.56. The molecular formula is C22H32N2O2S3. The lowest BCUT2D eigenvalue weighted by atomic mass is 10.1. The quantitative estimate of drug-likeness (QED) is 0.260. The summed E-state index contributed by atoms with van der Waals surface area (Å²) in [5, 5.41) is 13.5. The molecule has 0 amide bonds. The van der Waals surface area contributed by atoms with Gasteiger partial charge in [-0.05, 0) is 45.1 Å². The monoisotopic (exact) mass is 452 g/mol. The summed E-state index contributed by atoms with van der Waals surface area (Å²) in [7, 11) is 0. The van der Waals surface area contributed by atoms with Crippen molar-refractivity contribution >= 4 is 40.3 Å². The van der Waals surface area contributed by atoms with Gasteiger partial charge in [-0.2, -0.15) is 0 Å². The van der Waals surface area contributed by atoms with Gasteiger partial charge in [-0.15, -0.1) is 32.3 Å². The first kappa shape index (κ1) is 22.8. The smallest absolute Gasteiger partial charge is 0.161 e. The van der Waals surface area contributed by atoms with E-state index in [9.17, 15) is 0 Å². The van der Waals surface area contributed by atoms with Gasteiger partial charge in [0.05, 0.1) is 21.3 Å². The van der Waals surface area contributed by atoms with Gasteiger partial charge in [0.2, 0.25) is 0 Å². The van der Waals surface area contributed by atoms with Crippen molar-refractivity contribution in [3.05, 3.63) is 15.3 Å². The Morgan fingerprint density at radius 1 is 0.897 bits per heavy atom. The van der Waals surface area contributed by atoms with Crippen molar-refractivity contribution in [1.29, 1.82) is 0 Å². The third-order valence-electron chi connectivity index (χ3n) is 5.22. The maximum absolute atomic E-state index is 8.96. The highest BCUT2D eigenvalue weighted by Gasteiger charge is 2.27. The van der Waals surface area contributed by atoms with Crippen molar-refractivity contribution in [2.45, 2.75) is 83.5 Å². The van der Waals surface area contributed by atoms with Crippen LogP contribution in [0, 0.1) is 13.8 Å². The molecule has 4 nitrogen and oxygen atoms in total. The van der Waals surface area contributed by atoms with Crippen LogP contribution in [0.2, 0.25) is 0 Å². The van der Waals surface area contributed by atoms with Gasteiger partial charge < -0.3 is 9.84 Å². The Balaban J connectivity index is 1.76. The Morgan fingerprint density at radius 3 is 2.45 bits per heavy atom. The summed E-state index contributed by atoms with van der Waals surface area (Å²) in [6.07, 6.45) is 10.2. The van der Waals surface area contributed by atoms with Crippen LogP contribution in [0.4, 0.5) is 5.69 Å². The Bertz CT molecular complexity index is 827. The van der Waals surface area contributed by atoms with E-state index in [1.54, 1.807) is 11.3 Å². The molecule has 2 aromatic rings. The first-order valence-electron chi connectivity index (χ1n) is 10.7. The average molecular weight is 453 g/mol. The van der Waals surface area contributed by atoms with E-state index in [4.69, 9.17) is 9.84 Å². The van der Waals surface area contributed by atoms with Crippen molar-refractivity contribution < 1.29 is 9.84 Å². The van der Waals surface area contributed by atoms with E-state index in [1.807, 2.05) is 11.3 Å². The number of unbranched alkanes of at least 4 members (excludes halogenated alkanes) is 6. The number of thiophene rings is 2. The van der Waals surface area contributed by atoms with Crippen molar-refractivity contribution in [2.24, 2.45) is 9.63 Å². The van der Waals surface area contributed by atoms with Crippen LogP contribution >= 0.6 is 34.6 Å². The topological polar surface area (TPSA) is 54.2 Å². The van der Waals surface area contributed by atoms with E-state index >= 15 is 0 Å². The molecule has 1 N–H and O–H groups in total. The fourth-order valence-corrected chi connectivity index (χ4v) is 6.99. The third-order valence-corrected chi connectivity index (χ3v) is 8.54. The van der Waals surface area contributed by atoms with Gasteiger partial charge in [0.25, 0.3) is 0 Å². The predicted octanol–water partition coefficient (Wildman–Crippen LogP) is 8.25. The van der Waals surface area contributed by atoms with Crippen molar-refractivity contribution in [3.8, 4) is 15.5 Å². The van der Waals surface area contributed by atoms with E-state index in [1.165, 1.54) is 61.2 Å². The van der Waals surface area contributed by atoms with Crippen LogP contribution in [0.5, 0.6) is 5.75 Å². The highest BCUT2D eigenvalue weighted by molar-refractivity contribution is 7.98. The number of ether oxygens (including phenoxy) is 1. The summed E-state index contributed by atoms with van der Waals surface area (Å²) in [5.41, 5.74) is 2.35. The Labute approximate surface area is 186 Å². The maximum Gasteiger partial charge on any atom is 0.161 e. The van der Waals surface area contributed by atoms with Gasteiger partial charge in [-0.3, -0.25) is 0 Å². The molecule has 0 atom stereocenters. The van der Waals surface area contributed by atoms with E-state index < -0.39 is 0 Å². The summed E-state index contributed by atoms with van der Waals surface area (Å²) < 4.78 is 10.6. The number of rotatable bonds is 12. The summed E-state index contributed by atoms with van der Waals surface area (Å²) >= 11 is 5.18. The number of hydrogen-bond acceptors (Lipinski definition) is 7. The van der Waals surface area contributed by atoms with Crippen molar-refractivity contribution in [1.82, 2.24) is 0 Å². The molecule has 0 aliphatic carbocycles. The van der Waals surface area contributed by atoms with E-state index in [-0.39, 0.29) is 0 Å². The molecule has 3 rings (SSSR count). The zero-order chi connectivity index (χ0) is 20.6. The van der Waals surface area contributed by atoms with Crippen LogP contribution in [0.1, 0.15) is 73.6 Å². The molecule has 0 fully saturated rings. The second kappa shape index (κ2) is 11.5. The molecule has 0 spiro atoms. The minimum Gasteiger partial charge on any atom is -0.490 e. The van der Waals surface area contributed by atoms with Crippen LogP contribution in [-0.4, -0.2) is 18.3 Å². The minimum atomic E-state index is 0.298. The SMILES string of the molecule is CCCCCCOc1c(C)sc2c1N=NSc1c-2sc(C)c1CCCCCCO. The molecule has 0 radical (unpaired) electrons. The van der Waals surface area contributed by atoms with Crippen LogP contribution in [0.15, 0.2) is 14.5 Å². The average Bonchev–Trinajstić information content (AvgIpc) is 3.12. The fraction of sp³-hybridized carbons (Fsp3) is 0.636. The van der Waals surface area contributed by atoms with Crippen LogP contribution in [0.3, 0.4) is 0 Å². The molecule has 29 heavy (non-hydrogen) atoms. The molecule has 0 saturated carbocycles. The predicted molar refractivity (Wildman–Crippen MR) is 126 cm³/mol. The molecule has 0 unspecified atom stereocenters. The second-order valence-electron chi connectivity index (χ2n) is 7.53. The van der Waals surface area contributed by atoms with Gasteiger partial charge in [-0.25, -0.2) is 0 Å². The van der Waals surface area contributed by atoms with E-state index in [0.29, 0.717) is 6.61 Å². The Kier molecular flexibility index (Phi) is 9.03. The minimum absolute atomic E-state index is 0.298. The van der Waals surface area contributed by atoms with Gasteiger partial charge in [0.1, 0.15) is 5.69 Å². The maximum atomic E-state index is 8.96. The summed E-state index contributed by atoms with van der Waals surface area (Å²) in [5.74, 6) is 0.926. The zero-order valence-electron chi connectivity index (χ0n) is 17.8. The van der Waals surface area contributed by atoms with Gasteiger partial charge in [-0.1, -0.05) is 39.0 Å². The van der Waals surface area contributed by atoms with Crippen LogP contribution < -0.4 is 4.74 Å². The lowest BCUT2D eigenvalue weighted by Crippen LogP contribution is -1.97. The number of aliphatic hydroxyl groups is 1. The molecule has 1 aliphatic heterocycles. The first-order valence-corrected chi connectivity index (χ1v) is 13.2. The third kappa shape index (κ3) is 5.63. The molecule has 0 aromatic carbocycles. The summed E-state index contributed by atoms with van der Waals surface area (Å²) in [6.45, 7) is 7.64. The van der Waals surface area contributed by atoms with E-state index in [2.05, 4.69) is 30.4 Å².